The van der Waals surface area contributed by atoms with E-state index in [1.807, 2.05) is 0 Å². The Bertz CT molecular complexity index is 1070. The zero-order chi connectivity index (χ0) is 19.4. The van der Waals surface area contributed by atoms with Crippen molar-refractivity contribution in [1.29, 1.82) is 0 Å². The van der Waals surface area contributed by atoms with Gasteiger partial charge in [-0.25, -0.2) is 8.42 Å². The van der Waals surface area contributed by atoms with Gasteiger partial charge in [0.1, 0.15) is 10.6 Å². The Morgan fingerprint density at radius 2 is 1.93 bits per heavy atom. The molecule has 9 heteroatoms. The van der Waals surface area contributed by atoms with Crippen molar-refractivity contribution in [1.82, 2.24) is 0 Å². The largest absolute Gasteiger partial charge is 0.495 e. The minimum absolute atomic E-state index is 0.118. The van der Waals surface area contributed by atoms with Gasteiger partial charge < -0.3 is 10.1 Å². The third kappa shape index (κ3) is 4.41. The molecule has 0 aliphatic carbocycles. The maximum atomic E-state index is 12.8. The molecule has 2 N–H and O–H groups in total. The van der Waals surface area contributed by atoms with E-state index >= 15 is 0 Å². The highest BCUT2D eigenvalue weighted by Gasteiger charge is 2.22. The Hall–Kier alpha value is -2.55. The predicted octanol–water partition coefficient (Wildman–Crippen LogP) is 4.46. The van der Waals surface area contributed by atoms with Gasteiger partial charge in [-0.15, -0.1) is 0 Å². The Morgan fingerprint density at radius 3 is 2.59 bits per heavy atom. The molecule has 3 aromatic rings. The van der Waals surface area contributed by atoms with Gasteiger partial charge in [-0.2, -0.15) is 11.3 Å². The van der Waals surface area contributed by atoms with Crippen LogP contribution in [0.3, 0.4) is 0 Å². The normalized spacial score (nSPS) is 11.0. The smallest absolute Gasteiger partial charge is 0.265 e. The van der Waals surface area contributed by atoms with Crippen LogP contribution in [0.5, 0.6) is 5.75 Å². The Kier molecular flexibility index (Phi) is 5.69. The summed E-state index contributed by atoms with van der Waals surface area (Å²) in [6.07, 6.45) is 0. The van der Waals surface area contributed by atoms with E-state index in [4.69, 9.17) is 16.3 Å². The fourth-order valence-corrected chi connectivity index (χ4v) is 4.46. The van der Waals surface area contributed by atoms with Crippen molar-refractivity contribution in [3.63, 3.8) is 0 Å². The molecule has 0 bridgehead atoms. The summed E-state index contributed by atoms with van der Waals surface area (Å²) < 4.78 is 33.3. The predicted molar refractivity (Wildman–Crippen MR) is 108 cm³/mol. The molecule has 2 aromatic carbocycles. The molecule has 27 heavy (non-hydrogen) atoms. The zero-order valence-corrected chi connectivity index (χ0v) is 16.5. The lowest BCUT2D eigenvalue weighted by atomic mass is 10.2. The van der Waals surface area contributed by atoms with E-state index in [-0.39, 0.29) is 27.3 Å². The van der Waals surface area contributed by atoms with E-state index in [1.54, 1.807) is 47.2 Å². The molecule has 0 radical (unpaired) electrons. The lowest BCUT2D eigenvalue weighted by Crippen LogP contribution is -2.16. The van der Waals surface area contributed by atoms with Crippen LogP contribution in [-0.2, 0) is 10.0 Å². The van der Waals surface area contributed by atoms with Gasteiger partial charge in [-0.05, 0) is 41.8 Å². The summed E-state index contributed by atoms with van der Waals surface area (Å²) >= 11 is 7.43. The summed E-state index contributed by atoms with van der Waals surface area (Å²) in [5.41, 5.74) is 1.06. The van der Waals surface area contributed by atoms with E-state index in [2.05, 4.69) is 10.0 Å². The molecular formula is C18H15ClN2O4S2. The van der Waals surface area contributed by atoms with Crippen molar-refractivity contribution >= 4 is 50.2 Å². The van der Waals surface area contributed by atoms with Crippen molar-refractivity contribution in [2.24, 2.45) is 0 Å². The van der Waals surface area contributed by atoms with Crippen LogP contribution >= 0.6 is 22.9 Å². The number of para-hydroxylation sites is 1. The number of anilines is 2. The fourth-order valence-electron chi connectivity index (χ4n) is 2.31. The Labute approximate surface area is 165 Å². The van der Waals surface area contributed by atoms with Crippen molar-refractivity contribution in [2.45, 2.75) is 4.90 Å². The number of carbonyl (C=O) groups is 1. The summed E-state index contributed by atoms with van der Waals surface area (Å²) in [4.78, 5) is 12.1. The van der Waals surface area contributed by atoms with Crippen LogP contribution in [0.1, 0.15) is 10.4 Å². The van der Waals surface area contributed by atoms with E-state index in [0.717, 1.165) is 0 Å². The number of benzene rings is 2. The minimum atomic E-state index is -4.00. The van der Waals surface area contributed by atoms with Crippen molar-refractivity contribution in [3.05, 3.63) is 69.9 Å². The molecule has 0 saturated carbocycles. The molecular weight excluding hydrogens is 408 g/mol. The molecule has 1 amide bonds. The number of hydrogen-bond acceptors (Lipinski definition) is 5. The van der Waals surface area contributed by atoms with Gasteiger partial charge in [0.2, 0.25) is 0 Å². The van der Waals surface area contributed by atoms with E-state index in [1.165, 1.54) is 30.6 Å². The van der Waals surface area contributed by atoms with E-state index in [9.17, 15) is 13.2 Å². The zero-order valence-electron chi connectivity index (χ0n) is 14.1. The SMILES string of the molecule is COc1ccc(NC(=O)c2ccsc2)cc1S(=O)(=O)Nc1ccccc1Cl. The van der Waals surface area contributed by atoms with Crippen LogP contribution in [0, 0.1) is 0 Å². The highest BCUT2D eigenvalue weighted by Crippen LogP contribution is 2.31. The first-order valence-electron chi connectivity index (χ1n) is 7.69. The summed E-state index contributed by atoms with van der Waals surface area (Å²) in [6, 6.07) is 12.5. The molecule has 0 unspecified atom stereocenters. The second-order valence-corrected chi connectivity index (χ2v) is 8.26. The molecule has 0 fully saturated rings. The number of methoxy groups -OCH3 is 1. The van der Waals surface area contributed by atoms with Crippen molar-refractivity contribution in [2.75, 3.05) is 17.1 Å². The second kappa shape index (κ2) is 7.99. The maximum absolute atomic E-state index is 12.8. The monoisotopic (exact) mass is 422 g/mol. The Balaban J connectivity index is 1.93. The second-order valence-electron chi connectivity index (χ2n) is 5.42. The van der Waals surface area contributed by atoms with Gasteiger partial charge in [0.15, 0.2) is 0 Å². The molecule has 140 valence electrons. The van der Waals surface area contributed by atoms with Crippen molar-refractivity contribution in [3.8, 4) is 5.75 Å². The summed E-state index contributed by atoms with van der Waals surface area (Å²) in [7, 11) is -2.63. The molecule has 0 aliphatic rings. The average Bonchev–Trinajstić information content (AvgIpc) is 3.18. The van der Waals surface area contributed by atoms with Crippen LogP contribution in [0.25, 0.3) is 0 Å². The van der Waals surface area contributed by atoms with Crippen LogP contribution in [0.2, 0.25) is 5.02 Å². The number of ether oxygens (including phenoxy) is 1. The number of sulfonamides is 1. The molecule has 3 rings (SSSR count). The summed E-state index contributed by atoms with van der Waals surface area (Å²) in [6.45, 7) is 0. The quantitative estimate of drug-likeness (QED) is 0.614. The van der Waals surface area contributed by atoms with Gasteiger partial charge in [0, 0.05) is 11.1 Å². The minimum Gasteiger partial charge on any atom is -0.495 e. The first-order chi connectivity index (χ1) is 12.9. The highest BCUT2D eigenvalue weighted by atomic mass is 35.5. The van der Waals surface area contributed by atoms with Crippen LogP contribution < -0.4 is 14.8 Å². The van der Waals surface area contributed by atoms with E-state index in [0.29, 0.717) is 11.3 Å². The number of amides is 1. The number of thiophene rings is 1. The van der Waals surface area contributed by atoms with Crippen molar-refractivity contribution < 1.29 is 17.9 Å². The first kappa shape index (κ1) is 19.2. The molecule has 6 nitrogen and oxygen atoms in total. The number of nitrogens with one attached hydrogen (secondary N) is 2. The van der Waals surface area contributed by atoms with Gasteiger partial charge in [0.05, 0.1) is 23.4 Å². The maximum Gasteiger partial charge on any atom is 0.265 e. The highest BCUT2D eigenvalue weighted by molar-refractivity contribution is 7.92. The molecule has 0 saturated heterocycles. The topological polar surface area (TPSA) is 84.5 Å². The standard InChI is InChI=1S/C18H15ClN2O4S2/c1-25-16-7-6-13(20-18(22)12-8-9-26-11-12)10-17(16)27(23,24)21-15-5-3-2-4-14(15)19/h2-11,21H,1H3,(H,20,22). The number of rotatable bonds is 6. The first-order valence-corrected chi connectivity index (χ1v) is 10.5. The third-order valence-electron chi connectivity index (χ3n) is 3.61. The fraction of sp³-hybridized carbons (Fsp3) is 0.0556. The van der Waals surface area contributed by atoms with Gasteiger partial charge >= 0.3 is 0 Å². The van der Waals surface area contributed by atoms with Crippen LogP contribution in [-0.4, -0.2) is 21.4 Å². The number of carbonyl (C=O) groups excluding carboxylic acids is 1. The molecule has 0 spiro atoms. The lowest BCUT2D eigenvalue weighted by molar-refractivity contribution is 0.102. The molecule has 1 aromatic heterocycles. The third-order valence-corrected chi connectivity index (χ3v) is 6.01. The van der Waals surface area contributed by atoms with E-state index < -0.39 is 10.0 Å². The number of halogens is 1. The average molecular weight is 423 g/mol. The van der Waals surface area contributed by atoms with Crippen LogP contribution in [0.15, 0.2) is 64.2 Å². The van der Waals surface area contributed by atoms with Gasteiger partial charge in [-0.3, -0.25) is 9.52 Å². The summed E-state index contributed by atoms with van der Waals surface area (Å²) in [5.74, 6) is -0.188. The van der Waals surface area contributed by atoms with Gasteiger partial charge in [0.25, 0.3) is 15.9 Å². The Morgan fingerprint density at radius 1 is 1.15 bits per heavy atom. The number of hydrogen-bond donors (Lipinski definition) is 2. The van der Waals surface area contributed by atoms with Gasteiger partial charge in [-0.1, -0.05) is 23.7 Å². The summed E-state index contributed by atoms with van der Waals surface area (Å²) in [5, 5.41) is 6.43. The molecule has 0 atom stereocenters. The molecule has 0 aliphatic heterocycles. The lowest BCUT2D eigenvalue weighted by Gasteiger charge is -2.14. The van der Waals surface area contributed by atoms with Crippen LogP contribution in [0.4, 0.5) is 11.4 Å². The molecule has 1 heterocycles.